The van der Waals surface area contributed by atoms with Crippen LogP contribution in [0.2, 0.25) is 0 Å². The van der Waals surface area contributed by atoms with Crippen LogP contribution in [0, 0.1) is 5.41 Å². The van der Waals surface area contributed by atoms with Gasteiger partial charge < -0.3 is 9.84 Å². The molecule has 2 nitrogen and oxygen atoms in total. The van der Waals surface area contributed by atoms with Crippen LogP contribution in [-0.2, 0) is 4.74 Å². The van der Waals surface area contributed by atoms with Gasteiger partial charge in [0.1, 0.15) is 0 Å². The predicted molar refractivity (Wildman–Crippen MR) is 58.3 cm³/mol. The van der Waals surface area contributed by atoms with E-state index in [0.717, 1.165) is 25.7 Å². The Morgan fingerprint density at radius 2 is 2.00 bits per heavy atom. The minimum Gasteiger partial charge on any atom is -0.396 e. The molecule has 0 saturated heterocycles. The van der Waals surface area contributed by atoms with Gasteiger partial charge in [0, 0.05) is 13.7 Å². The molecule has 84 valence electrons. The van der Waals surface area contributed by atoms with Crippen molar-refractivity contribution in [1.82, 2.24) is 0 Å². The normalized spacial score (nSPS) is 33.2. The average molecular weight is 200 g/mol. The van der Waals surface area contributed by atoms with Crippen molar-refractivity contribution in [3.8, 4) is 0 Å². The summed E-state index contributed by atoms with van der Waals surface area (Å²) in [5.41, 5.74) is 0.227. The van der Waals surface area contributed by atoms with Crippen molar-refractivity contribution < 1.29 is 9.84 Å². The van der Waals surface area contributed by atoms with E-state index in [1.807, 2.05) is 0 Å². The average Bonchev–Trinajstić information content (AvgIpc) is 2.27. The van der Waals surface area contributed by atoms with Crippen LogP contribution in [0.5, 0.6) is 0 Å². The third-order valence-electron chi connectivity index (χ3n) is 3.72. The molecule has 0 radical (unpaired) electrons. The molecule has 0 aliphatic heterocycles. The maximum atomic E-state index is 9.49. The first-order valence-corrected chi connectivity index (χ1v) is 5.90. The van der Waals surface area contributed by atoms with Gasteiger partial charge in [-0.2, -0.15) is 0 Å². The number of aliphatic hydroxyl groups excluding tert-OH is 1. The lowest BCUT2D eigenvalue weighted by Crippen LogP contribution is -2.33. The Bertz CT molecular complexity index is 148. The molecule has 1 saturated carbocycles. The molecule has 0 spiro atoms. The summed E-state index contributed by atoms with van der Waals surface area (Å²) in [6.45, 7) is 2.58. The zero-order valence-corrected chi connectivity index (χ0v) is 9.59. The minimum atomic E-state index is 0.227. The fraction of sp³-hybridized carbons (Fsp3) is 1.00. The van der Waals surface area contributed by atoms with Crippen molar-refractivity contribution in [3.05, 3.63) is 0 Å². The summed E-state index contributed by atoms with van der Waals surface area (Å²) in [6.07, 6.45) is 8.65. The van der Waals surface area contributed by atoms with Crippen LogP contribution in [-0.4, -0.2) is 24.9 Å². The smallest absolute Gasteiger partial charge is 0.0571 e. The molecule has 0 aromatic rings. The first kappa shape index (κ1) is 12.0. The molecule has 0 aromatic carbocycles. The highest BCUT2D eigenvalue weighted by atomic mass is 16.5. The van der Waals surface area contributed by atoms with Crippen LogP contribution in [0.25, 0.3) is 0 Å². The minimum absolute atomic E-state index is 0.227. The van der Waals surface area contributed by atoms with Crippen LogP contribution in [0.1, 0.15) is 51.9 Å². The van der Waals surface area contributed by atoms with Gasteiger partial charge in [-0.15, -0.1) is 0 Å². The van der Waals surface area contributed by atoms with Gasteiger partial charge >= 0.3 is 0 Å². The van der Waals surface area contributed by atoms with E-state index in [9.17, 15) is 5.11 Å². The third kappa shape index (κ3) is 2.96. The Balaban J connectivity index is 2.39. The SMILES string of the molecule is CCCCC1(CO)CCC(OC)CC1. The number of rotatable bonds is 5. The number of hydrogen-bond acceptors (Lipinski definition) is 2. The largest absolute Gasteiger partial charge is 0.396 e. The molecule has 14 heavy (non-hydrogen) atoms. The molecule has 2 heteroatoms. The molecule has 1 aliphatic rings. The number of aliphatic hydroxyl groups is 1. The van der Waals surface area contributed by atoms with Gasteiger partial charge in [0.15, 0.2) is 0 Å². The van der Waals surface area contributed by atoms with Crippen molar-refractivity contribution in [2.75, 3.05) is 13.7 Å². The molecule has 0 aromatic heterocycles. The van der Waals surface area contributed by atoms with Crippen molar-refractivity contribution in [3.63, 3.8) is 0 Å². The summed E-state index contributed by atoms with van der Waals surface area (Å²) < 4.78 is 5.35. The van der Waals surface area contributed by atoms with E-state index in [-0.39, 0.29) is 5.41 Å². The Labute approximate surface area is 87.7 Å². The van der Waals surface area contributed by atoms with Gasteiger partial charge in [0.05, 0.1) is 6.10 Å². The predicted octanol–water partition coefficient (Wildman–Crippen LogP) is 2.74. The second-order valence-corrected chi connectivity index (χ2v) is 4.70. The van der Waals surface area contributed by atoms with E-state index >= 15 is 0 Å². The van der Waals surface area contributed by atoms with E-state index in [4.69, 9.17) is 4.74 Å². The fourth-order valence-corrected chi connectivity index (χ4v) is 2.48. The van der Waals surface area contributed by atoms with Crippen LogP contribution >= 0.6 is 0 Å². The van der Waals surface area contributed by atoms with E-state index in [1.54, 1.807) is 7.11 Å². The first-order chi connectivity index (χ1) is 6.76. The summed E-state index contributed by atoms with van der Waals surface area (Å²) in [5, 5.41) is 9.49. The van der Waals surface area contributed by atoms with Gasteiger partial charge in [-0.25, -0.2) is 0 Å². The Hall–Kier alpha value is -0.0800. The van der Waals surface area contributed by atoms with Gasteiger partial charge in [0.2, 0.25) is 0 Å². The molecular formula is C12H24O2. The lowest BCUT2D eigenvalue weighted by Gasteiger charge is -2.38. The summed E-state index contributed by atoms with van der Waals surface area (Å²) in [4.78, 5) is 0. The van der Waals surface area contributed by atoms with Crippen LogP contribution in [0.15, 0.2) is 0 Å². The van der Waals surface area contributed by atoms with Crippen LogP contribution in [0.4, 0.5) is 0 Å². The van der Waals surface area contributed by atoms with Crippen molar-refractivity contribution >= 4 is 0 Å². The van der Waals surface area contributed by atoms with Gasteiger partial charge in [-0.05, 0) is 37.5 Å². The lowest BCUT2D eigenvalue weighted by molar-refractivity contribution is -0.00339. The van der Waals surface area contributed by atoms with Gasteiger partial charge in [-0.3, -0.25) is 0 Å². The molecular weight excluding hydrogens is 176 g/mol. The molecule has 1 aliphatic carbocycles. The number of ether oxygens (including phenoxy) is 1. The highest BCUT2D eigenvalue weighted by molar-refractivity contribution is 4.85. The maximum absolute atomic E-state index is 9.49. The fourth-order valence-electron chi connectivity index (χ4n) is 2.48. The Morgan fingerprint density at radius 1 is 1.36 bits per heavy atom. The topological polar surface area (TPSA) is 29.5 Å². The quantitative estimate of drug-likeness (QED) is 0.739. The van der Waals surface area contributed by atoms with E-state index in [1.165, 1.54) is 19.3 Å². The van der Waals surface area contributed by atoms with E-state index in [0.29, 0.717) is 12.7 Å². The first-order valence-electron chi connectivity index (χ1n) is 5.90. The van der Waals surface area contributed by atoms with Crippen LogP contribution in [0.3, 0.4) is 0 Å². The number of hydrogen-bond donors (Lipinski definition) is 1. The van der Waals surface area contributed by atoms with Crippen molar-refractivity contribution in [2.45, 2.75) is 58.0 Å². The van der Waals surface area contributed by atoms with E-state index < -0.39 is 0 Å². The Morgan fingerprint density at radius 3 is 2.43 bits per heavy atom. The van der Waals surface area contributed by atoms with E-state index in [2.05, 4.69) is 6.92 Å². The molecule has 0 unspecified atom stereocenters. The molecule has 0 heterocycles. The Kier molecular flexibility index (Phi) is 4.90. The zero-order valence-electron chi connectivity index (χ0n) is 9.59. The monoisotopic (exact) mass is 200 g/mol. The highest BCUT2D eigenvalue weighted by Gasteiger charge is 2.33. The molecule has 1 fully saturated rings. The summed E-state index contributed by atoms with van der Waals surface area (Å²) >= 11 is 0. The second-order valence-electron chi connectivity index (χ2n) is 4.70. The molecule has 0 amide bonds. The summed E-state index contributed by atoms with van der Waals surface area (Å²) in [5.74, 6) is 0. The number of methoxy groups -OCH3 is 1. The third-order valence-corrected chi connectivity index (χ3v) is 3.72. The highest BCUT2D eigenvalue weighted by Crippen LogP contribution is 2.40. The number of unbranched alkanes of at least 4 members (excludes halogenated alkanes) is 1. The molecule has 0 bridgehead atoms. The molecule has 1 N–H and O–H groups in total. The van der Waals surface area contributed by atoms with Crippen LogP contribution < -0.4 is 0 Å². The molecule has 0 atom stereocenters. The van der Waals surface area contributed by atoms with Crippen molar-refractivity contribution in [1.29, 1.82) is 0 Å². The zero-order chi connectivity index (χ0) is 10.4. The lowest BCUT2D eigenvalue weighted by atomic mass is 9.71. The maximum Gasteiger partial charge on any atom is 0.0571 e. The van der Waals surface area contributed by atoms with Gasteiger partial charge in [-0.1, -0.05) is 19.8 Å². The summed E-state index contributed by atoms with van der Waals surface area (Å²) in [7, 11) is 1.79. The van der Waals surface area contributed by atoms with Gasteiger partial charge in [0.25, 0.3) is 0 Å². The molecule has 1 rings (SSSR count). The van der Waals surface area contributed by atoms with Crippen molar-refractivity contribution in [2.24, 2.45) is 5.41 Å². The second kappa shape index (κ2) is 5.72. The standard InChI is InChI=1S/C12H24O2/c1-3-4-7-12(10-13)8-5-11(14-2)6-9-12/h11,13H,3-10H2,1-2H3. The summed E-state index contributed by atoms with van der Waals surface area (Å²) in [6, 6.07) is 0.